The molecule has 0 heterocycles. The first-order valence-electron chi connectivity index (χ1n) is 10.3. The molecule has 2 aromatic carbocycles. The van der Waals surface area contributed by atoms with Gasteiger partial charge in [-0.25, -0.2) is 0 Å². The van der Waals surface area contributed by atoms with E-state index >= 15 is 0 Å². The van der Waals surface area contributed by atoms with Crippen molar-refractivity contribution in [1.29, 1.82) is 0 Å². The molecule has 0 aliphatic rings. The number of methoxy groups -OCH3 is 1. The van der Waals surface area contributed by atoms with Crippen molar-refractivity contribution in [3.05, 3.63) is 58.4 Å². The van der Waals surface area contributed by atoms with E-state index in [0.717, 1.165) is 39.5 Å². The highest BCUT2D eigenvalue weighted by Crippen LogP contribution is 2.50. The van der Waals surface area contributed by atoms with Crippen molar-refractivity contribution in [2.24, 2.45) is 0 Å². The second kappa shape index (κ2) is 10.8. The molecule has 0 aliphatic carbocycles. The van der Waals surface area contributed by atoms with E-state index < -0.39 is 7.60 Å². The van der Waals surface area contributed by atoms with Gasteiger partial charge in [-0.3, -0.25) is 4.57 Å². The molecule has 0 radical (unpaired) electrons. The summed E-state index contributed by atoms with van der Waals surface area (Å²) < 4.78 is 35.0. The molecule has 6 heteroatoms. The first-order valence-corrected chi connectivity index (χ1v) is 11.9. The lowest BCUT2D eigenvalue weighted by molar-refractivity contribution is 0.229. The zero-order chi connectivity index (χ0) is 22.3. The van der Waals surface area contributed by atoms with Gasteiger partial charge in [-0.05, 0) is 86.7 Å². The molecule has 0 aliphatic heterocycles. The van der Waals surface area contributed by atoms with Gasteiger partial charge < -0.3 is 18.5 Å². The summed E-state index contributed by atoms with van der Waals surface area (Å²) in [5, 5.41) is 0. The Labute approximate surface area is 180 Å². The number of benzene rings is 2. The normalized spacial score (nSPS) is 12.0. The van der Waals surface area contributed by atoms with Gasteiger partial charge in [0.15, 0.2) is 0 Å². The SMILES string of the molecule is CCOP(=O)(/C=C/c1cc(C)c(Oc2ccc(OC)c(C(C)C)c2)c(C)c1)OCC. The van der Waals surface area contributed by atoms with Gasteiger partial charge in [0, 0.05) is 11.4 Å². The number of rotatable bonds is 10. The van der Waals surface area contributed by atoms with Crippen LogP contribution in [0, 0.1) is 13.8 Å². The molecule has 0 saturated carbocycles. The molecular weight excluding hydrogens is 399 g/mol. The van der Waals surface area contributed by atoms with Crippen molar-refractivity contribution in [3.63, 3.8) is 0 Å². The maximum Gasteiger partial charge on any atom is 0.354 e. The van der Waals surface area contributed by atoms with Crippen LogP contribution in [0.15, 0.2) is 36.1 Å². The lowest BCUT2D eigenvalue weighted by atomic mass is 10.0. The fourth-order valence-corrected chi connectivity index (χ4v) is 4.57. The fourth-order valence-electron chi connectivity index (χ4n) is 3.25. The first kappa shape index (κ1) is 24.2. The summed E-state index contributed by atoms with van der Waals surface area (Å²) in [5.74, 6) is 4.28. The van der Waals surface area contributed by atoms with Gasteiger partial charge in [0.25, 0.3) is 0 Å². The third-order valence-electron chi connectivity index (χ3n) is 4.59. The molecule has 164 valence electrons. The molecule has 0 atom stereocenters. The second-order valence-corrected chi connectivity index (χ2v) is 9.23. The predicted octanol–water partition coefficient (Wildman–Crippen LogP) is 7.46. The average Bonchev–Trinajstić information content (AvgIpc) is 2.69. The van der Waals surface area contributed by atoms with Crippen LogP contribution in [0.4, 0.5) is 0 Å². The van der Waals surface area contributed by atoms with Crippen LogP contribution in [-0.2, 0) is 13.6 Å². The third kappa shape index (κ3) is 6.21. The Bertz CT molecular complexity index is 900. The summed E-state index contributed by atoms with van der Waals surface area (Å²) in [4.78, 5) is 0. The van der Waals surface area contributed by atoms with Crippen molar-refractivity contribution in [2.75, 3.05) is 20.3 Å². The van der Waals surface area contributed by atoms with E-state index in [-0.39, 0.29) is 0 Å². The molecule has 2 rings (SSSR count). The summed E-state index contributed by atoms with van der Waals surface area (Å²) >= 11 is 0. The zero-order valence-electron chi connectivity index (χ0n) is 19.0. The molecule has 2 aromatic rings. The molecule has 0 saturated heterocycles. The van der Waals surface area contributed by atoms with E-state index in [1.165, 1.54) is 5.82 Å². The van der Waals surface area contributed by atoms with Crippen molar-refractivity contribution in [3.8, 4) is 17.2 Å². The lowest BCUT2D eigenvalue weighted by Crippen LogP contribution is -1.97. The minimum Gasteiger partial charge on any atom is -0.496 e. The summed E-state index contributed by atoms with van der Waals surface area (Å²) in [7, 11) is -1.55. The topological polar surface area (TPSA) is 54.0 Å². The first-order chi connectivity index (χ1) is 14.2. The Morgan fingerprint density at radius 3 is 2.10 bits per heavy atom. The zero-order valence-corrected chi connectivity index (χ0v) is 19.9. The van der Waals surface area contributed by atoms with E-state index in [1.54, 1.807) is 27.0 Å². The van der Waals surface area contributed by atoms with Gasteiger partial charge in [-0.15, -0.1) is 0 Å². The lowest BCUT2D eigenvalue weighted by Gasteiger charge is -2.17. The van der Waals surface area contributed by atoms with Crippen LogP contribution in [0.1, 0.15) is 55.9 Å². The van der Waals surface area contributed by atoms with Gasteiger partial charge in [-0.2, -0.15) is 0 Å². The number of ether oxygens (including phenoxy) is 2. The van der Waals surface area contributed by atoms with Crippen molar-refractivity contribution >= 4 is 13.7 Å². The van der Waals surface area contributed by atoms with Crippen LogP contribution in [0.2, 0.25) is 0 Å². The summed E-state index contributed by atoms with van der Waals surface area (Å²) in [6.07, 6.45) is 1.78. The van der Waals surface area contributed by atoms with E-state index in [4.69, 9.17) is 18.5 Å². The highest BCUT2D eigenvalue weighted by atomic mass is 31.2. The summed E-state index contributed by atoms with van der Waals surface area (Å²) in [6.45, 7) is 12.5. The van der Waals surface area contributed by atoms with E-state index in [0.29, 0.717) is 19.1 Å². The van der Waals surface area contributed by atoms with Crippen LogP contribution in [-0.4, -0.2) is 20.3 Å². The van der Waals surface area contributed by atoms with Crippen molar-refractivity contribution in [1.82, 2.24) is 0 Å². The molecule has 0 aromatic heterocycles. The monoisotopic (exact) mass is 432 g/mol. The third-order valence-corrected chi connectivity index (χ3v) is 6.34. The Kier molecular flexibility index (Phi) is 8.72. The van der Waals surface area contributed by atoms with Gasteiger partial charge in [0.1, 0.15) is 17.2 Å². The largest absolute Gasteiger partial charge is 0.496 e. The number of hydrogen-bond donors (Lipinski definition) is 0. The second-order valence-electron chi connectivity index (χ2n) is 7.34. The van der Waals surface area contributed by atoms with Crippen LogP contribution in [0.5, 0.6) is 17.2 Å². The van der Waals surface area contributed by atoms with Crippen LogP contribution < -0.4 is 9.47 Å². The highest BCUT2D eigenvalue weighted by Gasteiger charge is 2.19. The van der Waals surface area contributed by atoms with E-state index in [9.17, 15) is 4.57 Å². The van der Waals surface area contributed by atoms with Crippen LogP contribution >= 0.6 is 7.60 Å². The maximum atomic E-state index is 12.6. The minimum atomic E-state index is -3.23. The average molecular weight is 432 g/mol. The molecule has 30 heavy (non-hydrogen) atoms. The molecule has 0 fully saturated rings. The van der Waals surface area contributed by atoms with E-state index in [2.05, 4.69) is 13.8 Å². The van der Waals surface area contributed by atoms with Crippen molar-refractivity contribution < 1.29 is 23.1 Å². The van der Waals surface area contributed by atoms with Gasteiger partial charge >= 0.3 is 7.60 Å². The number of aryl methyl sites for hydroxylation is 2. The highest BCUT2D eigenvalue weighted by molar-refractivity contribution is 7.57. The summed E-state index contributed by atoms with van der Waals surface area (Å²) in [5.41, 5.74) is 3.99. The molecule has 5 nitrogen and oxygen atoms in total. The van der Waals surface area contributed by atoms with Gasteiger partial charge in [-0.1, -0.05) is 13.8 Å². The smallest absolute Gasteiger partial charge is 0.354 e. The van der Waals surface area contributed by atoms with Gasteiger partial charge in [0.2, 0.25) is 0 Å². The predicted molar refractivity (Wildman–Crippen MR) is 123 cm³/mol. The Morgan fingerprint density at radius 1 is 1.00 bits per heavy atom. The summed E-state index contributed by atoms with van der Waals surface area (Å²) in [6, 6.07) is 9.86. The van der Waals surface area contributed by atoms with E-state index in [1.807, 2.05) is 44.2 Å². The molecule has 0 bridgehead atoms. The molecule has 0 spiro atoms. The molecule has 0 amide bonds. The quantitative estimate of drug-likeness (QED) is 0.365. The minimum absolute atomic E-state index is 0.324. The number of hydrogen-bond acceptors (Lipinski definition) is 5. The Morgan fingerprint density at radius 2 is 1.60 bits per heavy atom. The Hall–Kier alpha value is -2.07. The van der Waals surface area contributed by atoms with Gasteiger partial charge in [0.05, 0.1) is 20.3 Å². The molecular formula is C24H33O5P. The molecule has 0 N–H and O–H groups in total. The fraction of sp³-hybridized carbons (Fsp3) is 0.417. The van der Waals surface area contributed by atoms with Crippen molar-refractivity contribution in [2.45, 2.75) is 47.5 Å². The van der Waals surface area contributed by atoms with Crippen LogP contribution in [0.3, 0.4) is 0 Å². The van der Waals surface area contributed by atoms with Crippen LogP contribution in [0.25, 0.3) is 6.08 Å². The molecule has 0 unspecified atom stereocenters. The standard InChI is InChI=1S/C24H33O5P/c1-8-27-30(25,28-9-2)13-12-20-14-18(5)24(19(6)15-20)29-21-10-11-23(26-7)22(16-21)17(3)4/h10-17H,8-9H2,1-7H3/b13-12+. The Balaban J connectivity index is 2.30. The maximum absolute atomic E-state index is 12.6.